The second kappa shape index (κ2) is 3.12. The van der Waals surface area contributed by atoms with Crippen molar-refractivity contribution in [2.24, 2.45) is 5.73 Å². The summed E-state index contributed by atoms with van der Waals surface area (Å²) in [7, 11) is 0. The summed E-state index contributed by atoms with van der Waals surface area (Å²) in [6.45, 7) is 2.19. The van der Waals surface area contributed by atoms with E-state index in [1.807, 2.05) is 0 Å². The Morgan fingerprint density at radius 3 is 2.33 bits per heavy atom. The molecule has 0 aliphatic rings. The summed E-state index contributed by atoms with van der Waals surface area (Å²) in [5.74, 6) is 0. The van der Waals surface area contributed by atoms with Crippen LogP contribution in [0.4, 0.5) is 0 Å². The number of hydrogen-bond donors (Lipinski definition) is 2. The summed E-state index contributed by atoms with van der Waals surface area (Å²) in [4.78, 5) is 0. The highest BCUT2D eigenvalue weighted by Crippen LogP contribution is 1.92. The van der Waals surface area contributed by atoms with Crippen LogP contribution in [0.3, 0.4) is 0 Å². The molecule has 0 aromatic carbocycles. The van der Waals surface area contributed by atoms with Gasteiger partial charge in [0, 0.05) is 0 Å². The molecule has 0 saturated heterocycles. The summed E-state index contributed by atoms with van der Waals surface area (Å²) in [5, 5.41) is 8.39. The number of aliphatic hydroxyl groups excluding tert-OH is 1. The highest BCUT2D eigenvalue weighted by molar-refractivity contribution is 4.65. The number of rotatable bonds is 2. The van der Waals surface area contributed by atoms with Crippen LogP contribution in [0.5, 0.6) is 0 Å². The Labute approximate surface area is 38.0 Å². The maximum Gasteiger partial charge on any atom is 0.0915 e. The quantitative estimate of drug-likeness (QED) is 0.508. The van der Waals surface area contributed by atoms with Crippen molar-refractivity contribution < 1.29 is 5.11 Å². The monoisotopic (exact) mass is 88.1 g/mol. The Morgan fingerprint density at radius 1 is 1.83 bits per heavy atom. The average Bonchev–Trinajstić information content (AvgIpc) is 1.35. The maximum absolute atomic E-state index is 8.39. The van der Waals surface area contributed by atoms with Gasteiger partial charge in [-0.3, -0.25) is 0 Å². The molecule has 2 heteroatoms. The smallest absolute Gasteiger partial charge is 0.0915 e. The minimum Gasteiger partial charge on any atom is -0.387 e. The summed E-state index contributed by atoms with van der Waals surface area (Å²) in [5.41, 5.74) is 5.05. The van der Waals surface area contributed by atoms with Crippen LogP contribution >= 0.6 is 0 Å². The fourth-order valence-corrected chi connectivity index (χ4v) is 0.209. The van der Waals surface area contributed by atoms with Crippen molar-refractivity contribution in [1.29, 1.82) is 0 Å². The molecule has 0 heterocycles. The third-order valence-corrected chi connectivity index (χ3v) is 0.506. The first-order chi connectivity index (χ1) is 2.77. The Morgan fingerprint density at radius 2 is 2.33 bits per heavy atom. The van der Waals surface area contributed by atoms with Crippen molar-refractivity contribution in [3.8, 4) is 0 Å². The Balaban J connectivity index is 2.63. The van der Waals surface area contributed by atoms with Gasteiger partial charge in [0.2, 0.25) is 0 Å². The highest BCUT2D eigenvalue weighted by Gasteiger charge is 1.89. The van der Waals surface area contributed by atoms with Crippen molar-refractivity contribution in [3.05, 3.63) is 6.10 Å². The lowest BCUT2D eigenvalue weighted by Gasteiger charge is -1.94. The number of nitrogens with two attached hydrogens (primary N) is 1. The van der Waals surface area contributed by atoms with Gasteiger partial charge in [0.05, 0.1) is 6.10 Å². The summed E-state index contributed by atoms with van der Waals surface area (Å²) in [6, 6.07) is 0. The molecule has 0 aromatic heterocycles. The summed E-state index contributed by atoms with van der Waals surface area (Å²) in [6.07, 6.45) is 1.04. The first-order valence-electron chi connectivity index (χ1n) is 1.99. The fraction of sp³-hybridized carbons (Fsp3) is 0.750. The first kappa shape index (κ1) is 5.92. The zero-order valence-corrected chi connectivity index (χ0v) is 3.94. The van der Waals surface area contributed by atoms with Gasteiger partial charge in [-0.25, -0.2) is 0 Å². The van der Waals surface area contributed by atoms with Gasteiger partial charge >= 0.3 is 0 Å². The van der Waals surface area contributed by atoms with E-state index in [1.54, 1.807) is 6.92 Å². The van der Waals surface area contributed by atoms with E-state index in [9.17, 15) is 0 Å². The second-order valence-electron chi connectivity index (χ2n) is 1.27. The van der Waals surface area contributed by atoms with Crippen molar-refractivity contribution in [2.45, 2.75) is 13.3 Å². The van der Waals surface area contributed by atoms with Crippen molar-refractivity contribution in [2.75, 3.05) is 6.54 Å². The maximum atomic E-state index is 8.39. The lowest BCUT2D eigenvalue weighted by molar-refractivity contribution is 0.298. The Kier molecular flexibility index (Phi) is 3.08. The minimum atomic E-state index is 0.414. The molecule has 3 N–H and O–H groups in total. The van der Waals surface area contributed by atoms with Crippen molar-refractivity contribution in [1.82, 2.24) is 0 Å². The zero-order valence-electron chi connectivity index (χ0n) is 3.94. The molecule has 0 unspecified atom stereocenters. The van der Waals surface area contributed by atoms with Gasteiger partial charge in [-0.1, -0.05) is 0 Å². The topological polar surface area (TPSA) is 46.2 Å². The normalized spacial score (nSPS) is 10.0. The predicted molar refractivity (Wildman–Crippen MR) is 24.5 cm³/mol. The molecule has 2 nitrogen and oxygen atoms in total. The van der Waals surface area contributed by atoms with Gasteiger partial charge in [-0.2, -0.15) is 0 Å². The highest BCUT2D eigenvalue weighted by atomic mass is 16.3. The van der Waals surface area contributed by atoms with Crippen molar-refractivity contribution in [3.63, 3.8) is 0 Å². The molecular formula is C4H10NO. The van der Waals surface area contributed by atoms with E-state index < -0.39 is 0 Å². The van der Waals surface area contributed by atoms with Gasteiger partial charge in [-0.05, 0) is 19.9 Å². The van der Waals surface area contributed by atoms with E-state index in [0.717, 1.165) is 0 Å². The SMILES string of the molecule is C[C](O)CCN. The Hall–Kier alpha value is -0.0800. The Bertz CT molecular complexity index is 28.7. The molecule has 0 amide bonds. The fourth-order valence-electron chi connectivity index (χ4n) is 0.209. The summed E-state index contributed by atoms with van der Waals surface area (Å²) >= 11 is 0. The van der Waals surface area contributed by atoms with Gasteiger partial charge in [0.25, 0.3) is 0 Å². The van der Waals surface area contributed by atoms with Gasteiger partial charge in [-0.15, -0.1) is 0 Å². The van der Waals surface area contributed by atoms with Crippen LogP contribution in [0.25, 0.3) is 0 Å². The molecule has 0 fully saturated rings. The lowest BCUT2D eigenvalue weighted by atomic mass is 10.3. The van der Waals surface area contributed by atoms with Crippen LogP contribution < -0.4 is 5.73 Å². The third-order valence-electron chi connectivity index (χ3n) is 0.506. The second-order valence-corrected chi connectivity index (χ2v) is 1.27. The zero-order chi connectivity index (χ0) is 4.99. The molecule has 0 rings (SSSR count). The van der Waals surface area contributed by atoms with E-state index >= 15 is 0 Å². The molecule has 0 aromatic rings. The molecule has 0 atom stereocenters. The standard InChI is InChI=1S/C4H10NO/c1-4(6)2-3-5/h6H,2-3,5H2,1H3. The van der Waals surface area contributed by atoms with E-state index in [2.05, 4.69) is 0 Å². The molecule has 37 valence electrons. The van der Waals surface area contributed by atoms with Crippen LogP contribution in [0, 0.1) is 6.10 Å². The van der Waals surface area contributed by atoms with Crippen LogP contribution in [0.15, 0.2) is 0 Å². The van der Waals surface area contributed by atoms with Gasteiger partial charge in [0.15, 0.2) is 0 Å². The first-order valence-corrected chi connectivity index (χ1v) is 1.99. The molecule has 1 radical (unpaired) electrons. The summed E-state index contributed by atoms with van der Waals surface area (Å²) < 4.78 is 0. The number of hydrogen-bond acceptors (Lipinski definition) is 2. The van der Waals surface area contributed by atoms with E-state index in [4.69, 9.17) is 10.8 Å². The van der Waals surface area contributed by atoms with Crippen LogP contribution in [-0.4, -0.2) is 11.7 Å². The minimum absolute atomic E-state index is 0.414. The third kappa shape index (κ3) is 3.92. The van der Waals surface area contributed by atoms with Crippen LogP contribution in [0.2, 0.25) is 0 Å². The molecule has 6 heavy (non-hydrogen) atoms. The van der Waals surface area contributed by atoms with Gasteiger partial charge in [0.1, 0.15) is 0 Å². The molecule has 0 aliphatic carbocycles. The van der Waals surface area contributed by atoms with Crippen molar-refractivity contribution >= 4 is 0 Å². The van der Waals surface area contributed by atoms with Crippen LogP contribution in [-0.2, 0) is 0 Å². The number of aliphatic hydroxyl groups is 1. The molecule has 0 saturated carbocycles. The average molecular weight is 88.1 g/mol. The largest absolute Gasteiger partial charge is 0.387 e. The van der Waals surface area contributed by atoms with E-state index in [-0.39, 0.29) is 0 Å². The van der Waals surface area contributed by atoms with E-state index in [0.29, 0.717) is 19.1 Å². The van der Waals surface area contributed by atoms with E-state index in [1.165, 1.54) is 0 Å². The molecule has 0 bridgehead atoms. The predicted octanol–water partition coefficient (Wildman–Crippen LogP) is 0.260. The lowest BCUT2D eigenvalue weighted by Crippen LogP contribution is -2.02. The van der Waals surface area contributed by atoms with Crippen LogP contribution in [0.1, 0.15) is 13.3 Å². The molecular weight excluding hydrogens is 78.0 g/mol. The molecule has 0 aliphatic heterocycles. The van der Waals surface area contributed by atoms with Gasteiger partial charge < -0.3 is 10.8 Å². The molecule has 0 spiro atoms.